The van der Waals surface area contributed by atoms with E-state index in [0.29, 0.717) is 0 Å². The average Bonchev–Trinajstić information content (AvgIpc) is 2.47. The predicted octanol–water partition coefficient (Wildman–Crippen LogP) is 2.64. The molecule has 0 radical (unpaired) electrons. The average molecular weight is 323 g/mol. The molecule has 0 atom stereocenters. The SMILES string of the molecule is CNS(=O)(=O)c1ccc(Nc2ccccc2SC)cc1N. The van der Waals surface area contributed by atoms with Crippen LogP contribution in [0.4, 0.5) is 17.1 Å². The van der Waals surface area contributed by atoms with Crippen molar-refractivity contribution in [1.29, 1.82) is 0 Å². The zero-order chi connectivity index (χ0) is 15.5. The van der Waals surface area contributed by atoms with Crippen LogP contribution in [0.1, 0.15) is 0 Å². The van der Waals surface area contributed by atoms with Gasteiger partial charge in [-0.3, -0.25) is 0 Å². The van der Waals surface area contributed by atoms with Crippen LogP contribution in [0.25, 0.3) is 0 Å². The van der Waals surface area contributed by atoms with Crippen LogP contribution < -0.4 is 15.8 Å². The maximum atomic E-state index is 11.8. The van der Waals surface area contributed by atoms with E-state index >= 15 is 0 Å². The molecule has 0 spiro atoms. The fraction of sp³-hybridized carbons (Fsp3) is 0.143. The van der Waals surface area contributed by atoms with Gasteiger partial charge < -0.3 is 11.1 Å². The van der Waals surface area contributed by atoms with Gasteiger partial charge in [-0.2, -0.15) is 0 Å². The van der Waals surface area contributed by atoms with Crippen molar-refractivity contribution < 1.29 is 8.42 Å². The molecule has 0 saturated carbocycles. The first kappa shape index (κ1) is 15.7. The van der Waals surface area contributed by atoms with E-state index in [0.717, 1.165) is 16.3 Å². The van der Waals surface area contributed by atoms with E-state index < -0.39 is 10.0 Å². The van der Waals surface area contributed by atoms with E-state index in [2.05, 4.69) is 10.0 Å². The van der Waals surface area contributed by atoms with Crippen LogP contribution >= 0.6 is 11.8 Å². The number of nitrogens with two attached hydrogens (primary N) is 1. The Morgan fingerprint density at radius 3 is 2.48 bits per heavy atom. The van der Waals surface area contributed by atoms with Gasteiger partial charge in [0.15, 0.2) is 0 Å². The topological polar surface area (TPSA) is 84.2 Å². The molecular weight excluding hydrogens is 306 g/mol. The largest absolute Gasteiger partial charge is 0.398 e. The van der Waals surface area contributed by atoms with Gasteiger partial charge in [0.1, 0.15) is 4.90 Å². The highest BCUT2D eigenvalue weighted by Gasteiger charge is 2.15. The Labute approximate surface area is 129 Å². The minimum atomic E-state index is -3.54. The first-order valence-electron chi connectivity index (χ1n) is 6.21. The van der Waals surface area contributed by atoms with Crippen LogP contribution in [0.15, 0.2) is 52.3 Å². The monoisotopic (exact) mass is 323 g/mol. The Kier molecular flexibility index (Phi) is 4.76. The number of rotatable bonds is 5. The molecule has 0 amide bonds. The Morgan fingerprint density at radius 2 is 1.86 bits per heavy atom. The summed E-state index contributed by atoms with van der Waals surface area (Å²) in [6, 6.07) is 12.7. The molecule has 0 unspecified atom stereocenters. The first-order valence-corrected chi connectivity index (χ1v) is 8.92. The third-order valence-corrected chi connectivity index (χ3v) is 5.24. The lowest BCUT2D eigenvalue weighted by atomic mass is 10.2. The van der Waals surface area contributed by atoms with Crippen LogP contribution in [0, 0.1) is 0 Å². The van der Waals surface area contributed by atoms with Crippen molar-refractivity contribution in [2.45, 2.75) is 9.79 Å². The maximum Gasteiger partial charge on any atom is 0.242 e. The number of sulfonamides is 1. The van der Waals surface area contributed by atoms with Gasteiger partial charge in [0.25, 0.3) is 0 Å². The lowest BCUT2D eigenvalue weighted by molar-refractivity contribution is 0.588. The van der Waals surface area contributed by atoms with E-state index in [1.165, 1.54) is 13.1 Å². The van der Waals surface area contributed by atoms with E-state index in [-0.39, 0.29) is 10.6 Å². The van der Waals surface area contributed by atoms with Gasteiger partial charge in [-0.15, -0.1) is 11.8 Å². The molecule has 0 saturated heterocycles. The molecule has 2 aromatic carbocycles. The summed E-state index contributed by atoms with van der Waals surface area (Å²) in [5, 5.41) is 3.24. The summed E-state index contributed by atoms with van der Waals surface area (Å²) in [5.41, 5.74) is 7.74. The standard InChI is InChI=1S/C14H17N3O2S2/c1-16-21(18,19)14-8-7-10(9-11(14)15)17-12-5-3-4-6-13(12)20-2/h3-9,16-17H,15H2,1-2H3. The molecule has 112 valence electrons. The Balaban J connectivity index is 2.33. The van der Waals surface area contributed by atoms with Crippen LogP contribution in [-0.4, -0.2) is 21.7 Å². The molecular formula is C14H17N3O2S2. The van der Waals surface area contributed by atoms with Gasteiger partial charge >= 0.3 is 0 Å². The van der Waals surface area contributed by atoms with E-state index in [4.69, 9.17) is 5.73 Å². The second-order valence-electron chi connectivity index (χ2n) is 4.29. The fourth-order valence-corrected chi connectivity index (χ4v) is 3.27. The molecule has 0 aliphatic carbocycles. The zero-order valence-corrected chi connectivity index (χ0v) is 13.4. The van der Waals surface area contributed by atoms with E-state index in [1.807, 2.05) is 30.5 Å². The number of nitrogens with one attached hydrogen (secondary N) is 2. The summed E-state index contributed by atoms with van der Waals surface area (Å²) >= 11 is 1.63. The zero-order valence-electron chi connectivity index (χ0n) is 11.8. The number of hydrogen-bond acceptors (Lipinski definition) is 5. The normalized spacial score (nSPS) is 11.3. The molecule has 7 heteroatoms. The molecule has 0 bridgehead atoms. The highest BCUT2D eigenvalue weighted by atomic mass is 32.2. The van der Waals surface area contributed by atoms with Crippen molar-refractivity contribution in [3.63, 3.8) is 0 Å². The molecule has 5 nitrogen and oxygen atoms in total. The van der Waals surface area contributed by atoms with Crippen LogP contribution in [-0.2, 0) is 10.0 Å². The smallest absolute Gasteiger partial charge is 0.242 e. The van der Waals surface area contributed by atoms with Crippen molar-refractivity contribution in [1.82, 2.24) is 4.72 Å². The quantitative estimate of drug-likeness (QED) is 0.582. The molecule has 2 aromatic rings. The molecule has 4 N–H and O–H groups in total. The van der Waals surface area contributed by atoms with Gasteiger partial charge in [0.2, 0.25) is 10.0 Å². The van der Waals surface area contributed by atoms with E-state index in [9.17, 15) is 8.42 Å². The van der Waals surface area contributed by atoms with Crippen molar-refractivity contribution in [2.75, 3.05) is 24.4 Å². The minimum Gasteiger partial charge on any atom is -0.398 e. The Hall–Kier alpha value is -1.70. The third-order valence-electron chi connectivity index (χ3n) is 2.95. The first-order chi connectivity index (χ1) is 9.97. The van der Waals surface area contributed by atoms with Crippen molar-refractivity contribution >= 4 is 38.8 Å². The predicted molar refractivity (Wildman–Crippen MR) is 88.6 cm³/mol. The van der Waals surface area contributed by atoms with Gasteiger partial charge in [-0.25, -0.2) is 13.1 Å². The summed E-state index contributed by atoms with van der Waals surface area (Å²) in [6.45, 7) is 0. The molecule has 0 aromatic heterocycles. The third kappa shape index (κ3) is 3.49. The number of para-hydroxylation sites is 1. The molecule has 0 heterocycles. The summed E-state index contributed by atoms with van der Waals surface area (Å²) in [6.07, 6.45) is 2.00. The van der Waals surface area contributed by atoms with Crippen molar-refractivity contribution in [3.05, 3.63) is 42.5 Å². The number of thioether (sulfide) groups is 1. The highest BCUT2D eigenvalue weighted by Crippen LogP contribution is 2.29. The highest BCUT2D eigenvalue weighted by molar-refractivity contribution is 7.98. The van der Waals surface area contributed by atoms with Crippen molar-refractivity contribution in [3.8, 4) is 0 Å². The molecule has 2 rings (SSSR count). The van der Waals surface area contributed by atoms with Crippen LogP contribution in [0.2, 0.25) is 0 Å². The fourth-order valence-electron chi connectivity index (χ4n) is 1.88. The van der Waals surface area contributed by atoms with Gasteiger partial charge in [-0.1, -0.05) is 12.1 Å². The molecule has 0 aliphatic rings. The summed E-state index contributed by atoms with van der Waals surface area (Å²) < 4.78 is 25.8. The number of anilines is 3. The minimum absolute atomic E-state index is 0.0775. The summed E-state index contributed by atoms with van der Waals surface area (Å²) in [4.78, 5) is 1.18. The van der Waals surface area contributed by atoms with E-state index in [1.54, 1.807) is 23.9 Å². The maximum absolute atomic E-state index is 11.8. The Morgan fingerprint density at radius 1 is 1.14 bits per heavy atom. The summed E-state index contributed by atoms with van der Waals surface area (Å²) in [7, 11) is -2.18. The van der Waals surface area contributed by atoms with Crippen LogP contribution in [0.5, 0.6) is 0 Å². The summed E-state index contributed by atoms with van der Waals surface area (Å²) in [5.74, 6) is 0. The second kappa shape index (κ2) is 6.38. The Bertz CT molecular complexity index is 746. The van der Waals surface area contributed by atoms with Crippen LogP contribution in [0.3, 0.4) is 0 Å². The molecule has 0 aliphatic heterocycles. The number of hydrogen-bond donors (Lipinski definition) is 3. The second-order valence-corrected chi connectivity index (χ2v) is 6.99. The van der Waals surface area contributed by atoms with Gasteiger partial charge in [0.05, 0.1) is 11.4 Å². The molecule has 0 fully saturated rings. The number of benzene rings is 2. The van der Waals surface area contributed by atoms with Gasteiger partial charge in [-0.05, 0) is 43.6 Å². The number of nitrogen functional groups attached to an aromatic ring is 1. The molecule has 21 heavy (non-hydrogen) atoms. The lowest BCUT2D eigenvalue weighted by Gasteiger charge is -2.12. The van der Waals surface area contributed by atoms with Crippen molar-refractivity contribution in [2.24, 2.45) is 0 Å². The lowest BCUT2D eigenvalue weighted by Crippen LogP contribution is -2.19. The van der Waals surface area contributed by atoms with Gasteiger partial charge in [0, 0.05) is 10.6 Å².